The van der Waals surface area contributed by atoms with Gasteiger partial charge in [0.2, 0.25) is 0 Å². The number of rotatable bonds is 0. The summed E-state index contributed by atoms with van der Waals surface area (Å²) in [4.78, 5) is 0. The fourth-order valence-corrected chi connectivity index (χ4v) is 0. The third-order valence-corrected chi connectivity index (χ3v) is 0. The second-order valence-electron chi connectivity index (χ2n) is 1.63. The molecule has 0 aliphatic carbocycles. The third-order valence-electron chi connectivity index (χ3n) is 0. The number of hydrogen-bond acceptors (Lipinski definition) is 16. The van der Waals surface area contributed by atoms with Crippen molar-refractivity contribution in [3.8, 4) is 0 Å². The molecule has 0 spiro atoms. The summed E-state index contributed by atoms with van der Waals surface area (Å²) in [7, 11) is -20.7. The van der Waals surface area contributed by atoms with E-state index in [1.165, 1.54) is 0 Å². The molecule has 0 aliphatic rings. The molecule has 0 atom stereocenters. The Balaban J connectivity index is -0.0000000376. The molecule has 0 aromatic heterocycles. The topological polar surface area (TPSA) is 321 Å². The molecule has 0 aliphatic heterocycles. The van der Waals surface area contributed by atoms with Crippen molar-refractivity contribution in [3.05, 3.63) is 0 Å². The van der Waals surface area contributed by atoms with Crippen molar-refractivity contribution < 1.29 is 91.2 Å². The van der Waals surface area contributed by atoms with Crippen molar-refractivity contribution in [2.75, 3.05) is 0 Å². The Labute approximate surface area is 155 Å². The number of hydrogen-bond donors (Lipinski definition) is 0. The van der Waals surface area contributed by atoms with E-state index in [1.807, 2.05) is 0 Å². The first-order valence-electron chi connectivity index (χ1n) is 2.67. The monoisotopic (exact) mass is 688 g/mol. The van der Waals surface area contributed by atoms with E-state index in [1.54, 1.807) is 0 Å². The van der Waals surface area contributed by atoms with Crippen LogP contribution >= 0.6 is 0 Å². The second-order valence-corrected chi connectivity index (χ2v) is 4.90. The van der Waals surface area contributed by atoms with Crippen LogP contribution in [0.1, 0.15) is 0 Å². The van der Waals surface area contributed by atoms with Crippen LogP contribution in [0.3, 0.4) is 0 Å². The second kappa shape index (κ2) is 15.5. The summed E-state index contributed by atoms with van der Waals surface area (Å²) in [6.45, 7) is 0. The van der Waals surface area contributed by atoms with Crippen LogP contribution in [0, 0.1) is 0 Å². The Kier molecular flexibility index (Phi) is 27.1. The summed E-state index contributed by atoms with van der Waals surface area (Å²) in [6.07, 6.45) is 0. The van der Waals surface area contributed by atoms with Gasteiger partial charge in [-0.2, -0.15) is 0 Å². The fraction of sp³-hybridized carbons (Fsp3) is 0. The van der Waals surface area contributed by atoms with Crippen LogP contribution in [0.15, 0.2) is 0 Å². The first-order chi connectivity index (χ1) is 8.00. The van der Waals surface area contributed by atoms with Crippen LogP contribution in [0.2, 0.25) is 0 Å². The molecule has 0 bridgehead atoms. The standard InChI is InChI=1S/4H2O4S.Sn.W/c4*1-5(2,3)4;;/h4*(H2,1,2,3,4);;/q;;;;2*+4/p-8. The van der Waals surface area contributed by atoms with Crippen molar-refractivity contribution in [2.45, 2.75) is 0 Å². The Morgan fingerprint density at radius 1 is 0.364 bits per heavy atom. The summed E-state index contributed by atoms with van der Waals surface area (Å²) in [5.41, 5.74) is 0. The molecule has 22 heteroatoms. The van der Waals surface area contributed by atoms with Gasteiger partial charge < -0.3 is 36.4 Å². The SMILES string of the molecule is O=S(=O)([O-])[O-].O=S(=O)([O-])[O-].O=S(=O)([O-])[O-].O=S(=O)([O-])[O-].[Sn+4].[W+4]. The minimum atomic E-state index is -5.17. The maximum absolute atomic E-state index is 8.52. The largest absolute Gasteiger partial charge is 4.00 e. The van der Waals surface area contributed by atoms with Crippen molar-refractivity contribution >= 4 is 65.5 Å². The summed E-state index contributed by atoms with van der Waals surface area (Å²) < 4.78 is 136. The summed E-state index contributed by atoms with van der Waals surface area (Å²) in [6, 6.07) is 0. The smallest absolute Gasteiger partial charge is 0.759 e. The first-order valence-corrected chi connectivity index (χ1v) is 8.00. The van der Waals surface area contributed by atoms with Crippen LogP contribution < -0.4 is 0 Å². The van der Waals surface area contributed by atoms with Crippen molar-refractivity contribution in [3.63, 3.8) is 0 Å². The van der Waals surface area contributed by atoms with Crippen LogP contribution in [0.25, 0.3) is 0 Å². The molecule has 16 nitrogen and oxygen atoms in total. The van der Waals surface area contributed by atoms with Crippen LogP contribution in [-0.2, 0) is 62.7 Å². The molecule has 0 aromatic carbocycles. The molecule has 0 rings (SSSR count). The average Bonchev–Trinajstić information content (AvgIpc) is 1.62. The Bertz CT molecular complexity index is 479. The van der Waals surface area contributed by atoms with Gasteiger partial charge in [-0.1, -0.05) is 0 Å². The van der Waals surface area contributed by atoms with Crippen LogP contribution in [0.5, 0.6) is 0 Å². The van der Waals surface area contributed by atoms with E-state index >= 15 is 0 Å². The first kappa shape index (κ1) is 38.5. The Morgan fingerprint density at radius 3 is 0.364 bits per heavy atom. The summed E-state index contributed by atoms with van der Waals surface area (Å²) in [5, 5.41) is 0. The molecule has 0 N–H and O–H groups in total. The van der Waals surface area contributed by atoms with Gasteiger partial charge in [0.1, 0.15) is 0 Å². The van der Waals surface area contributed by atoms with E-state index in [4.69, 9.17) is 70.1 Å². The summed E-state index contributed by atoms with van der Waals surface area (Å²) in [5.74, 6) is 0. The fourth-order valence-electron chi connectivity index (χ4n) is 0. The molecule has 130 valence electrons. The van der Waals surface area contributed by atoms with Gasteiger partial charge in [0, 0.05) is 41.6 Å². The van der Waals surface area contributed by atoms with Crippen LogP contribution in [-0.4, -0.2) is 94.0 Å². The van der Waals surface area contributed by atoms with Gasteiger partial charge in [-0.05, 0) is 0 Å². The Hall–Kier alpha value is 0.967. The quantitative estimate of drug-likeness (QED) is 0.130. The van der Waals surface area contributed by atoms with E-state index in [9.17, 15) is 0 Å². The van der Waals surface area contributed by atoms with Gasteiger partial charge in [0.15, 0.2) is 0 Å². The van der Waals surface area contributed by atoms with Crippen molar-refractivity contribution in [1.29, 1.82) is 0 Å². The van der Waals surface area contributed by atoms with E-state index in [0.29, 0.717) is 0 Å². The van der Waals surface area contributed by atoms with Gasteiger partial charge in [0.25, 0.3) is 0 Å². The average molecular weight is 687 g/mol. The van der Waals surface area contributed by atoms with Gasteiger partial charge in [-0.15, -0.1) is 0 Å². The van der Waals surface area contributed by atoms with E-state index in [-0.39, 0.29) is 45.0 Å². The van der Waals surface area contributed by atoms with Gasteiger partial charge in [-0.25, -0.2) is 0 Å². The molecular weight excluding hydrogens is 687 g/mol. The molecule has 0 heterocycles. The normalized spacial score (nSPS) is 10.5. The zero-order chi connectivity index (χ0) is 18.0. The minimum Gasteiger partial charge on any atom is -0.759 e. The van der Waals surface area contributed by atoms with Gasteiger partial charge in [-0.3, -0.25) is 33.7 Å². The third kappa shape index (κ3) is 8940. The maximum Gasteiger partial charge on any atom is 4.00 e. The van der Waals surface area contributed by atoms with E-state index in [2.05, 4.69) is 0 Å². The molecule has 0 saturated heterocycles. The Morgan fingerprint density at radius 2 is 0.364 bits per heavy atom. The van der Waals surface area contributed by atoms with E-state index < -0.39 is 41.6 Å². The van der Waals surface area contributed by atoms with Crippen molar-refractivity contribution in [1.82, 2.24) is 0 Å². The molecule has 0 saturated carbocycles. The van der Waals surface area contributed by atoms with Gasteiger partial charge >= 0.3 is 45.0 Å². The summed E-state index contributed by atoms with van der Waals surface area (Å²) >= 11 is 0. The zero-order valence-electron chi connectivity index (χ0n) is 9.07. The predicted molar refractivity (Wildman–Crippen MR) is 47.7 cm³/mol. The zero-order valence-corrected chi connectivity index (χ0v) is 18.1. The molecule has 0 unspecified atom stereocenters. The maximum atomic E-state index is 8.52. The predicted octanol–water partition coefficient (Wildman–Crippen LogP) is -5.74. The van der Waals surface area contributed by atoms with E-state index in [0.717, 1.165) is 0 Å². The van der Waals surface area contributed by atoms with Gasteiger partial charge in [0.05, 0.1) is 0 Å². The minimum absolute atomic E-state index is 0. The molecule has 22 heavy (non-hydrogen) atoms. The molecule has 0 radical (unpaired) electrons. The van der Waals surface area contributed by atoms with Crippen molar-refractivity contribution in [2.24, 2.45) is 0 Å². The molecular formula is O16S4SnW. The molecule has 0 aromatic rings. The molecule has 0 amide bonds. The van der Waals surface area contributed by atoms with Crippen LogP contribution in [0.4, 0.5) is 0 Å². The molecule has 0 fully saturated rings.